The van der Waals surface area contributed by atoms with E-state index >= 15 is 0 Å². The Balaban J connectivity index is 1.69. The molecular weight excluding hydrogens is 348 g/mol. The Morgan fingerprint density at radius 1 is 1.04 bits per heavy atom. The van der Waals surface area contributed by atoms with Crippen LogP contribution in [-0.4, -0.2) is 20.5 Å². The number of aryl methyl sites for hydroxylation is 2. The van der Waals surface area contributed by atoms with Gasteiger partial charge in [-0.1, -0.05) is 53.6 Å². The fourth-order valence-electron chi connectivity index (χ4n) is 4.21. The Morgan fingerprint density at radius 3 is 2.61 bits per heavy atom. The van der Waals surface area contributed by atoms with Crippen molar-refractivity contribution in [3.05, 3.63) is 76.5 Å². The number of ketones is 1. The molecular formula is C23H22N4O. The van der Waals surface area contributed by atoms with Crippen molar-refractivity contribution in [3.63, 3.8) is 0 Å². The van der Waals surface area contributed by atoms with Crippen LogP contribution in [0.25, 0.3) is 11.4 Å². The van der Waals surface area contributed by atoms with E-state index in [9.17, 15) is 4.79 Å². The lowest BCUT2D eigenvalue weighted by molar-refractivity contribution is -0.116. The highest BCUT2D eigenvalue weighted by Gasteiger charge is 2.36. The van der Waals surface area contributed by atoms with Crippen molar-refractivity contribution in [1.82, 2.24) is 14.8 Å². The summed E-state index contributed by atoms with van der Waals surface area (Å²) in [6.07, 6.45) is 2.34. The van der Waals surface area contributed by atoms with Crippen LogP contribution >= 0.6 is 0 Å². The molecule has 2 aromatic carbocycles. The molecule has 1 aromatic heterocycles. The van der Waals surface area contributed by atoms with Crippen molar-refractivity contribution in [2.45, 2.75) is 39.2 Å². The van der Waals surface area contributed by atoms with E-state index in [2.05, 4.69) is 49.5 Å². The standard InChI is InChI=1S/C23H22N4O/c1-14-6-3-8-16(12-14)21-20-18(10-5-11-19(20)28)24-23-25-22(26-27(21)23)17-9-4-7-15(2)13-17/h3-4,6-9,12-13,21H,5,10-11H2,1-2H3,(H,24,25,26). The minimum Gasteiger partial charge on any atom is -0.328 e. The van der Waals surface area contributed by atoms with Crippen LogP contribution in [0.4, 0.5) is 5.95 Å². The molecule has 0 saturated heterocycles. The average molecular weight is 370 g/mol. The Morgan fingerprint density at radius 2 is 1.82 bits per heavy atom. The number of anilines is 1. The monoisotopic (exact) mass is 370 g/mol. The van der Waals surface area contributed by atoms with Gasteiger partial charge in [0.25, 0.3) is 0 Å². The van der Waals surface area contributed by atoms with Gasteiger partial charge in [0.05, 0.1) is 0 Å². The number of hydrogen-bond acceptors (Lipinski definition) is 4. The second-order valence-corrected chi connectivity index (χ2v) is 7.68. The maximum atomic E-state index is 12.9. The van der Waals surface area contributed by atoms with Crippen LogP contribution < -0.4 is 5.32 Å². The highest BCUT2D eigenvalue weighted by molar-refractivity contribution is 5.99. The van der Waals surface area contributed by atoms with Crippen LogP contribution in [-0.2, 0) is 4.79 Å². The second kappa shape index (κ2) is 6.44. The molecule has 3 aromatic rings. The maximum Gasteiger partial charge on any atom is 0.226 e. The first-order valence-electron chi connectivity index (χ1n) is 9.73. The molecule has 28 heavy (non-hydrogen) atoms. The van der Waals surface area contributed by atoms with Crippen molar-refractivity contribution in [1.29, 1.82) is 0 Å². The molecule has 0 spiro atoms. The fourth-order valence-corrected chi connectivity index (χ4v) is 4.21. The molecule has 2 aliphatic rings. The average Bonchev–Trinajstić information content (AvgIpc) is 3.10. The summed E-state index contributed by atoms with van der Waals surface area (Å²) in [5.41, 5.74) is 6.23. The molecule has 5 rings (SSSR count). The number of allylic oxidation sites excluding steroid dienone is 2. The number of rotatable bonds is 2. The van der Waals surface area contributed by atoms with Crippen molar-refractivity contribution < 1.29 is 4.79 Å². The first-order chi connectivity index (χ1) is 13.6. The van der Waals surface area contributed by atoms with Gasteiger partial charge in [-0.15, -0.1) is 5.10 Å². The zero-order valence-electron chi connectivity index (χ0n) is 16.1. The largest absolute Gasteiger partial charge is 0.328 e. The van der Waals surface area contributed by atoms with Gasteiger partial charge in [0, 0.05) is 23.3 Å². The number of nitrogens with one attached hydrogen (secondary N) is 1. The van der Waals surface area contributed by atoms with Crippen molar-refractivity contribution in [2.24, 2.45) is 0 Å². The van der Waals surface area contributed by atoms with E-state index in [4.69, 9.17) is 10.1 Å². The van der Waals surface area contributed by atoms with E-state index in [1.807, 2.05) is 22.9 Å². The third-order valence-corrected chi connectivity index (χ3v) is 5.50. The van der Waals surface area contributed by atoms with E-state index in [1.165, 1.54) is 11.1 Å². The Kier molecular flexibility index (Phi) is 3.90. The van der Waals surface area contributed by atoms with E-state index in [-0.39, 0.29) is 11.8 Å². The van der Waals surface area contributed by atoms with Crippen molar-refractivity contribution in [3.8, 4) is 11.4 Å². The third-order valence-electron chi connectivity index (χ3n) is 5.50. The number of hydrogen-bond donors (Lipinski definition) is 1. The first kappa shape index (κ1) is 16.9. The SMILES string of the molecule is Cc1cccc(-c2nc3n(n2)C(c2cccc(C)c2)C2=C(CCCC2=O)N3)c1. The van der Waals surface area contributed by atoms with Gasteiger partial charge in [-0.25, -0.2) is 4.68 Å². The lowest BCUT2D eigenvalue weighted by Crippen LogP contribution is -2.31. The quantitative estimate of drug-likeness (QED) is 0.717. The summed E-state index contributed by atoms with van der Waals surface area (Å²) in [7, 11) is 0. The molecule has 140 valence electrons. The summed E-state index contributed by atoms with van der Waals surface area (Å²) in [5, 5.41) is 8.23. The van der Waals surface area contributed by atoms with Crippen molar-refractivity contribution >= 4 is 11.7 Å². The lowest BCUT2D eigenvalue weighted by Gasteiger charge is -2.32. The highest BCUT2D eigenvalue weighted by atomic mass is 16.1. The van der Waals surface area contributed by atoms with E-state index in [1.54, 1.807) is 0 Å². The number of nitrogens with zero attached hydrogens (tertiary/aromatic N) is 3. The number of benzene rings is 2. The van der Waals surface area contributed by atoms with Gasteiger partial charge >= 0.3 is 0 Å². The van der Waals surface area contributed by atoms with E-state index < -0.39 is 0 Å². The predicted octanol–water partition coefficient (Wildman–Crippen LogP) is 4.58. The summed E-state index contributed by atoms with van der Waals surface area (Å²) in [5.74, 6) is 1.59. The number of Topliss-reactive ketones (excluding diaryl/α,β-unsaturated/α-hetero) is 1. The van der Waals surface area contributed by atoms with E-state index in [0.717, 1.165) is 35.2 Å². The summed E-state index contributed by atoms with van der Waals surface area (Å²) < 4.78 is 1.88. The van der Waals surface area contributed by atoms with Crippen molar-refractivity contribution in [2.75, 3.05) is 5.32 Å². The molecule has 0 fully saturated rings. The summed E-state index contributed by atoms with van der Waals surface area (Å²) >= 11 is 0. The number of fused-ring (bicyclic) bond motifs is 1. The molecule has 1 aliphatic heterocycles. The van der Waals surface area contributed by atoms with Crippen LogP contribution in [0.5, 0.6) is 0 Å². The normalized spacial score (nSPS) is 18.5. The van der Waals surface area contributed by atoms with E-state index in [0.29, 0.717) is 18.2 Å². The molecule has 0 amide bonds. The molecule has 1 aliphatic carbocycles. The first-order valence-corrected chi connectivity index (χ1v) is 9.73. The van der Waals surface area contributed by atoms with Gasteiger partial charge in [0.1, 0.15) is 6.04 Å². The molecule has 1 atom stereocenters. The molecule has 2 heterocycles. The Bertz CT molecular complexity index is 1130. The molecule has 5 nitrogen and oxygen atoms in total. The van der Waals surface area contributed by atoms with Gasteiger partial charge in [-0.05, 0) is 38.3 Å². The zero-order chi connectivity index (χ0) is 19.3. The smallest absolute Gasteiger partial charge is 0.226 e. The van der Waals surface area contributed by atoms with Gasteiger partial charge in [-0.2, -0.15) is 4.98 Å². The van der Waals surface area contributed by atoms with Crippen LogP contribution in [0.3, 0.4) is 0 Å². The second-order valence-electron chi connectivity index (χ2n) is 7.68. The van der Waals surface area contributed by atoms with Crippen LogP contribution in [0.2, 0.25) is 0 Å². The minimum atomic E-state index is -0.231. The Labute approximate surface area is 164 Å². The molecule has 0 saturated carbocycles. The number of aromatic nitrogens is 3. The molecule has 1 N–H and O–H groups in total. The Hall–Kier alpha value is -3.21. The van der Waals surface area contributed by atoms with Gasteiger partial charge < -0.3 is 5.32 Å². The van der Waals surface area contributed by atoms with Gasteiger partial charge in [0.15, 0.2) is 11.6 Å². The third kappa shape index (κ3) is 2.74. The zero-order valence-corrected chi connectivity index (χ0v) is 16.1. The fraction of sp³-hybridized carbons (Fsp3) is 0.261. The summed E-state index contributed by atoms with van der Waals surface area (Å²) in [4.78, 5) is 17.6. The molecule has 0 radical (unpaired) electrons. The maximum absolute atomic E-state index is 12.9. The van der Waals surface area contributed by atoms with Crippen LogP contribution in [0.15, 0.2) is 59.8 Å². The molecule has 5 heteroatoms. The molecule has 1 unspecified atom stereocenters. The predicted molar refractivity (Wildman–Crippen MR) is 109 cm³/mol. The number of carbonyl (C=O) groups excluding carboxylic acids is 1. The highest BCUT2D eigenvalue weighted by Crippen LogP contribution is 2.40. The minimum absolute atomic E-state index is 0.207. The summed E-state index contributed by atoms with van der Waals surface area (Å²) in [6.45, 7) is 4.13. The molecule has 0 bridgehead atoms. The number of carbonyl (C=O) groups is 1. The van der Waals surface area contributed by atoms with Crippen LogP contribution in [0.1, 0.15) is 42.0 Å². The van der Waals surface area contributed by atoms with Gasteiger partial charge in [-0.3, -0.25) is 4.79 Å². The lowest BCUT2D eigenvalue weighted by atomic mass is 9.85. The van der Waals surface area contributed by atoms with Crippen LogP contribution in [0, 0.1) is 13.8 Å². The van der Waals surface area contributed by atoms with Gasteiger partial charge in [0.2, 0.25) is 5.95 Å². The topological polar surface area (TPSA) is 59.8 Å². The summed E-state index contributed by atoms with van der Waals surface area (Å²) in [6, 6.07) is 16.3.